The second-order valence-corrected chi connectivity index (χ2v) is 6.18. The standard InChI is InChI=1S/C14H19Cl2N3O2/c1-10(18-5-3-2-4-6-18)9-17-13-7-11(15)12(16)8-14(13)19(20)21/h7-8,10,17H,2-6,9H2,1H3. The van der Waals surface area contributed by atoms with Crippen LogP contribution in [0.2, 0.25) is 10.0 Å². The predicted molar refractivity (Wildman–Crippen MR) is 86.5 cm³/mol. The van der Waals surface area contributed by atoms with E-state index in [9.17, 15) is 10.1 Å². The molecule has 1 fully saturated rings. The molecule has 1 heterocycles. The van der Waals surface area contributed by atoms with Crippen LogP contribution in [0.15, 0.2) is 12.1 Å². The Kier molecular flexibility index (Phi) is 5.67. The number of likely N-dealkylation sites (tertiary alicyclic amines) is 1. The van der Waals surface area contributed by atoms with E-state index in [0.29, 0.717) is 23.3 Å². The van der Waals surface area contributed by atoms with E-state index in [2.05, 4.69) is 17.1 Å². The third-order valence-electron chi connectivity index (χ3n) is 3.84. The van der Waals surface area contributed by atoms with Gasteiger partial charge in [0.05, 0.1) is 15.0 Å². The average Bonchev–Trinajstić information content (AvgIpc) is 2.48. The Morgan fingerprint density at radius 3 is 2.52 bits per heavy atom. The summed E-state index contributed by atoms with van der Waals surface area (Å²) >= 11 is 11.8. The van der Waals surface area contributed by atoms with Crippen molar-refractivity contribution in [3.05, 3.63) is 32.3 Å². The van der Waals surface area contributed by atoms with Crippen LogP contribution in [-0.4, -0.2) is 35.5 Å². The molecular weight excluding hydrogens is 313 g/mol. The van der Waals surface area contributed by atoms with Crippen LogP contribution in [0.3, 0.4) is 0 Å². The maximum Gasteiger partial charge on any atom is 0.293 e. The topological polar surface area (TPSA) is 58.4 Å². The van der Waals surface area contributed by atoms with E-state index in [1.54, 1.807) is 0 Å². The van der Waals surface area contributed by atoms with E-state index in [-0.39, 0.29) is 10.7 Å². The van der Waals surface area contributed by atoms with Gasteiger partial charge in [0.25, 0.3) is 5.69 Å². The van der Waals surface area contributed by atoms with Crippen molar-refractivity contribution in [2.75, 3.05) is 25.0 Å². The Hall–Kier alpha value is -1.04. The number of nitrogens with zero attached hydrogens (tertiary/aromatic N) is 2. The molecule has 1 aliphatic heterocycles. The molecule has 21 heavy (non-hydrogen) atoms. The molecule has 0 aromatic heterocycles. The van der Waals surface area contributed by atoms with Gasteiger partial charge >= 0.3 is 0 Å². The molecule has 1 aromatic carbocycles. The number of nitro benzene ring substituents is 1. The first kappa shape index (κ1) is 16.3. The summed E-state index contributed by atoms with van der Waals surface area (Å²) in [4.78, 5) is 13.0. The van der Waals surface area contributed by atoms with Crippen LogP contribution >= 0.6 is 23.2 Å². The van der Waals surface area contributed by atoms with Gasteiger partial charge in [-0.1, -0.05) is 29.6 Å². The molecule has 0 spiro atoms. The maximum absolute atomic E-state index is 11.1. The molecule has 1 aromatic rings. The Morgan fingerprint density at radius 2 is 1.90 bits per heavy atom. The second kappa shape index (κ2) is 7.29. The van der Waals surface area contributed by atoms with Gasteiger partial charge in [-0.15, -0.1) is 0 Å². The Balaban J connectivity index is 2.05. The van der Waals surface area contributed by atoms with E-state index in [1.807, 2.05) is 0 Å². The summed E-state index contributed by atoms with van der Waals surface area (Å²) in [7, 11) is 0. The summed E-state index contributed by atoms with van der Waals surface area (Å²) in [6.45, 7) is 4.94. The third-order valence-corrected chi connectivity index (χ3v) is 4.56. The van der Waals surface area contributed by atoms with E-state index >= 15 is 0 Å². The van der Waals surface area contributed by atoms with Gasteiger partial charge in [0.15, 0.2) is 0 Å². The van der Waals surface area contributed by atoms with Crippen molar-refractivity contribution in [1.29, 1.82) is 0 Å². The van der Waals surface area contributed by atoms with E-state index in [4.69, 9.17) is 23.2 Å². The maximum atomic E-state index is 11.1. The first-order valence-corrected chi connectivity index (χ1v) is 7.86. The monoisotopic (exact) mass is 331 g/mol. The van der Waals surface area contributed by atoms with Crippen molar-refractivity contribution in [3.63, 3.8) is 0 Å². The highest BCUT2D eigenvalue weighted by Gasteiger charge is 2.20. The minimum atomic E-state index is -0.448. The molecule has 2 rings (SSSR count). The van der Waals surface area contributed by atoms with Crippen LogP contribution in [0.25, 0.3) is 0 Å². The number of rotatable bonds is 5. The lowest BCUT2D eigenvalue weighted by molar-refractivity contribution is -0.383. The van der Waals surface area contributed by atoms with Gasteiger partial charge in [0, 0.05) is 18.7 Å². The summed E-state index contributed by atoms with van der Waals surface area (Å²) in [5, 5.41) is 14.7. The summed E-state index contributed by atoms with van der Waals surface area (Å²) in [5.74, 6) is 0. The largest absolute Gasteiger partial charge is 0.378 e. The van der Waals surface area contributed by atoms with Crippen LogP contribution in [0.1, 0.15) is 26.2 Å². The lowest BCUT2D eigenvalue weighted by Crippen LogP contribution is -2.41. The number of anilines is 1. The summed E-state index contributed by atoms with van der Waals surface area (Å²) in [6.07, 6.45) is 3.73. The number of hydrogen-bond acceptors (Lipinski definition) is 4. The van der Waals surface area contributed by atoms with Crippen LogP contribution in [0.5, 0.6) is 0 Å². The molecule has 0 bridgehead atoms. The van der Waals surface area contributed by atoms with E-state index in [0.717, 1.165) is 13.1 Å². The highest BCUT2D eigenvalue weighted by atomic mass is 35.5. The van der Waals surface area contributed by atoms with Crippen molar-refractivity contribution >= 4 is 34.6 Å². The lowest BCUT2D eigenvalue weighted by atomic mass is 10.1. The van der Waals surface area contributed by atoms with Gasteiger partial charge < -0.3 is 5.32 Å². The van der Waals surface area contributed by atoms with E-state index in [1.165, 1.54) is 31.4 Å². The first-order valence-electron chi connectivity index (χ1n) is 7.10. The second-order valence-electron chi connectivity index (χ2n) is 5.37. The zero-order chi connectivity index (χ0) is 15.4. The van der Waals surface area contributed by atoms with Crippen molar-refractivity contribution in [1.82, 2.24) is 4.90 Å². The predicted octanol–water partition coefficient (Wildman–Crippen LogP) is 4.19. The molecule has 116 valence electrons. The highest BCUT2D eigenvalue weighted by molar-refractivity contribution is 6.42. The quantitative estimate of drug-likeness (QED) is 0.649. The molecule has 1 aliphatic rings. The smallest absolute Gasteiger partial charge is 0.293 e. The van der Waals surface area contributed by atoms with Crippen molar-refractivity contribution < 1.29 is 4.92 Å². The fourth-order valence-electron chi connectivity index (χ4n) is 2.57. The van der Waals surface area contributed by atoms with Crippen molar-refractivity contribution in [2.24, 2.45) is 0 Å². The Bertz CT molecular complexity index is 519. The SMILES string of the molecule is CC(CNc1cc(Cl)c(Cl)cc1[N+](=O)[O-])N1CCCCC1. The van der Waals surface area contributed by atoms with Crippen LogP contribution in [-0.2, 0) is 0 Å². The molecule has 1 N–H and O–H groups in total. The number of hydrogen-bond donors (Lipinski definition) is 1. The number of nitrogens with one attached hydrogen (secondary N) is 1. The van der Waals surface area contributed by atoms with Gasteiger partial charge in [0.1, 0.15) is 5.69 Å². The van der Waals surface area contributed by atoms with E-state index < -0.39 is 4.92 Å². The summed E-state index contributed by atoms with van der Waals surface area (Å²) < 4.78 is 0. The summed E-state index contributed by atoms with van der Waals surface area (Å²) in [6, 6.07) is 3.13. The van der Waals surface area contributed by atoms with Gasteiger partial charge in [-0.2, -0.15) is 0 Å². The number of nitro groups is 1. The minimum absolute atomic E-state index is 0.0461. The Morgan fingerprint density at radius 1 is 1.29 bits per heavy atom. The van der Waals surface area contributed by atoms with Crippen LogP contribution in [0, 0.1) is 10.1 Å². The molecule has 0 amide bonds. The van der Waals surface area contributed by atoms with Gasteiger partial charge in [-0.25, -0.2) is 0 Å². The van der Waals surface area contributed by atoms with Crippen LogP contribution in [0.4, 0.5) is 11.4 Å². The number of benzene rings is 1. The molecule has 1 saturated heterocycles. The molecule has 0 radical (unpaired) electrons. The van der Waals surface area contributed by atoms with Gasteiger partial charge in [-0.05, 0) is 38.9 Å². The highest BCUT2D eigenvalue weighted by Crippen LogP contribution is 2.34. The average molecular weight is 332 g/mol. The van der Waals surface area contributed by atoms with Crippen LogP contribution < -0.4 is 5.32 Å². The molecule has 0 saturated carbocycles. The lowest BCUT2D eigenvalue weighted by Gasteiger charge is -2.32. The van der Waals surface area contributed by atoms with Crippen molar-refractivity contribution in [2.45, 2.75) is 32.2 Å². The zero-order valence-electron chi connectivity index (χ0n) is 11.9. The number of halogens is 2. The molecule has 1 atom stereocenters. The van der Waals surface area contributed by atoms with Crippen molar-refractivity contribution in [3.8, 4) is 0 Å². The fraction of sp³-hybridized carbons (Fsp3) is 0.571. The first-order chi connectivity index (χ1) is 9.99. The molecule has 5 nitrogen and oxygen atoms in total. The number of piperidine rings is 1. The third kappa shape index (κ3) is 4.22. The zero-order valence-corrected chi connectivity index (χ0v) is 13.5. The molecule has 7 heteroatoms. The van der Waals surface area contributed by atoms with Gasteiger partial charge in [0.2, 0.25) is 0 Å². The fourth-order valence-corrected chi connectivity index (χ4v) is 2.90. The molecular formula is C14H19Cl2N3O2. The van der Waals surface area contributed by atoms with Gasteiger partial charge in [-0.3, -0.25) is 15.0 Å². The molecule has 1 unspecified atom stereocenters. The summed E-state index contributed by atoms with van der Waals surface area (Å²) in [5.41, 5.74) is 0.369. The molecule has 0 aliphatic carbocycles. The minimum Gasteiger partial charge on any atom is -0.378 e. The Labute approximate surface area is 134 Å². The normalized spacial score (nSPS) is 17.5.